The normalized spacial score (nSPS) is 11.7. The first-order chi connectivity index (χ1) is 5.82. The highest BCUT2D eigenvalue weighted by atomic mass is 35.7. The van der Waals surface area contributed by atoms with Gasteiger partial charge in [-0.25, -0.2) is 8.42 Å². The summed E-state index contributed by atoms with van der Waals surface area (Å²) in [5.41, 5.74) is 1.79. The summed E-state index contributed by atoms with van der Waals surface area (Å²) in [6, 6.07) is 3.06. The number of hydrogen-bond acceptors (Lipinski definition) is 2. The van der Waals surface area contributed by atoms with E-state index in [1.165, 1.54) is 6.07 Å². The molecule has 2 nitrogen and oxygen atoms in total. The van der Waals surface area contributed by atoms with Crippen molar-refractivity contribution in [3.05, 3.63) is 28.3 Å². The van der Waals surface area contributed by atoms with Crippen LogP contribution in [0, 0.1) is 13.8 Å². The highest BCUT2D eigenvalue weighted by Crippen LogP contribution is 2.27. The molecule has 72 valence electrons. The molecule has 0 atom stereocenters. The molecule has 1 aromatic carbocycles. The maximum Gasteiger partial charge on any atom is 0.262 e. The van der Waals surface area contributed by atoms with E-state index in [1.807, 2.05) is 6.92 Å². The van der Waals surface area contributed by atoms with Gasteiger partial charge in [0.15, 0.2) is 0 Å². The first-order valence-electron chi connectivity index (χ1n) is 3.54. The largest absolute Gasteiger partial charge is 0.262 e. The summed E-state index contributed by atoms with van der Waals surface area (Å²) < 4.78 is 22.0. The van der Waals surface area contributed by atoms with Crippen LogP contribution in [0.5, 0.6) is 0 Å². The first kappa shape index (κ1) is 10.8. The van der Waals surface area contributed by atoms with Crippen molar-refractivity contribution in [2.24, 2.45) is 0 Å². The van der Waals surface area contributed by atoms with Crippen molar-refractivity contribution in [3.8, 4) is 0 Å². The summed E-state index contributed by atoms with van der Waals surface area (Å²) >= 11 is 5.72. The second kappa shape index (κ2) is 3.48. The van der Waals surface area contributed by atoms with Crippen LogP contribution in [0.15, 0.2) is 17.0 Å². The van der Waals surface area contributed by atoms with Gasteiger partial charge in [-0.1, -0.05) is 11.6 Å². The molecule has 0 aromatic heterocycles. The molecule has 0 saturated heterocycles. The Morgan fingerprint density at radius 1 is 1.15 bits per heavy atom. The molecule has 1 rings (SSSR count). The molecule has 0 spiro atoms. The van der Waals surface area contributed by atoms with E-state index in [-0.39, 0.29) is 9.92 Å². The fourth-order valence-electron chi connectivity index (χ4n) is 0.941. The van der Waals surface area contributed by atoms with E-state index in [1.54, 1.807) is 13.0 Å². The minimum absolute atomic E-state index is 0.0288. The summed E-state index contributed by atoms with van der Waals surface area (Å²) in [7, 11) is 1.44. The van der Waals surface area contributed by atoms with Gasteiger partial charge in [-0.05, 0) is 37.1 Å². The molecule has 0 aliphatic rings. The van der Waals surface area contributed by atoms with Gasteiger partial charge in [-0.15, -0.1) is 0 Å². The molecular weight excluding hydrogens is 231 g/mol. The van der Waals surface area contributed by atoms with Crippen LogP contribution in [0.2, 0.25) is 5.02 Å². The van der Waals surface area contributed by atoms with Crippen molar-refractivity contribution in [2.75, 3.05) is 0 Å². The van der Waals surface area contributed by atoms with Gasteiger partial charge >= 0.3 is 0 Å². The quantitative estimate of drug-likeness (QED) is 0.706. The van der Waals surface area contributed by atoms with Crippen LogP contribution < -0.4 is 0 Å². The second-order valence-electron chi connectivity index (χ2n) is 2.80. The number of hydrogen-bond donors (Lipinski definition) is 0. The zero-order chi connectivity index (χ0) is 10.2. The van der Waals surface area contributed by atoms with Gasteiger partial charge in [0.05, 0.1) is 5.02 Å². The standard InChI is InChI=1S/C8H8Cl2O2S/c1-5-3-7(9)8(4-6(5)2)13(10,11)12/h3-4H,1-2H3. The lowest BCUT2D eigenvalue weighted by Gasteiger charge is -2.04. The number of halogens is 2. The Morgan fingerprint density at radius 2 is 1.62 bits per heavy atom. The zero-order valence-corrected chi connectivity index (χ0v) is 9.46. The molecule has 13 heavy (non-hydrogen) atoms. The SMILES string of the molecule is Cc1cc(Cl)c(S(=O)(=O)Cl)cc1C. The van der Waals surface area contributed by atoms with Crippen molar-refractivity contribution in [2.45, 2.75) is 18.7 Å². The molecule has 5 heteroatoms. The highest BCUT2D eigenvalue weighted by Gasteiger charge is 2.15. The summed E-state index contributed by atoms with van der Waals surface area (Å²) in [6.45, 7) is 3.66. The molecule has 0 saturated carbocycles. The molecule has 0 radical (unpaired) electrons. The Hall–Kier alpha value is -0.250. The first-order valence-corrected chi connectivity index (χ1v) is 6.22. The van der Waals surface area contributed by atoms with Crippen LogP contribution in [0.3, 0.4) is 0 Å². The monoisotopic (exact) mass is 238 g/mol. The average Bonchev–Trinajstić information content (AvgIpc) is 1.94. The van der Waals surface area contributed by atoms with E-state index in [4.69, 9.17) is 22.3 Å². The average molecular weight is 239 g/mol. The van der Waals surface area contributed by atoms with E-state index in [2.05, 4.69) is 0 Å². The van der Waals surface area contributed by atoms with Gasteiger partial charge in [-0.3, -0.25) is 0 Å². The third-order valence-electron chi connectivity index (χ3n) is 1.81. The van der Waals surface area contributed by atoms with Gasteiger partial charge in [-0.2, -0.15) is 0 Å². The predicted octanol–water partition coefficient (Wildman–Crippen LogP) is 2.88. The Labute approximate surface area is 86.9 Å². The molecule has 0 amide bonds. The number of rotatable bonds is 1. The molecule has 0 aliphatic carbocycles. The smallest absolute Gasteiger partial charge is 0.207 e. The molecule has 0 fully saturated rings. The minimum atomic E-state index is -3.73. The van der Waals surface area contributed by atoms with Gasteiger partial charge in [0.1, 0.15) is 4.90 Å². The molecule has 0 heterocycles. The van der Waals surface area contributed by atoms with Gasteiger partial charge in [0, 0.05) is 10.7 Å². The van der Waals surface area contributed by atoms with Crippen LogP contribution >= 0.6 is 22.3 Å². The van der Waals surface area contributed by atoms with Crippen LogP contribution in [-0.2, 0) is 9.05 Å². The lowest BCUT2D eigenvalue weighted by molar-refractivity contribution is 0.609. The van der Waals surface area contributed by atoms with E-state index >= 15 is 0 Å². The fourth-order valence-corrected chi connectivity index (χ4v) is 2.58. The van der Waals surface area contributed by atoms with Crippen molar-refractivity contribution in [1.82, 2.24) is 0 Å². The fraction of sp³-hybridized carbons (Fsp3) is 0.250. The molecule has 1 aromatic rings. The van der Waals surface area contributed by atoms with Crippen molar-refractivity contribution >= 4 is 31.3 Å². The van der Waals surface area contributed by atoms with E-state index in [0.29, 0.717) is 0 Å². The third kappa shape index (κ3) is 2.36. The summed E-state index contributed by atoms with van der Waals surface area (Å²) in [6.07, 6.45) is 0. The Morgan fingerprint density at radius 3 is 2.08 bits per heavy atom. The van der Waals surface area contributed by atoms with E-state index in [9.17, 15) is 8.42 Å². The Balaban J connectivity index is 3.50. The topological polar surface area (TPSA) is 34.1 Å². The minimum Gasteiger partial charge on any atom is -0.207 e. The Kier molecular flexibility index (Phi) is 2.90. The predicted molar refractivity (Wildman–Crippen MR) is 54.0 cm³/mol. The lowest BCUT2D eigenvalue weighted by Crippen LogP contribution is -1.94. The molecular formula is C8H8Cl2O2S. The van der Waals surface area contributed by atoms with Crippen molar-refractivity contribution in [3.63, 3.8) is 0 Å². The second-order valence-corrected chi connectivity index (χ2v) is 5.75. The summed E-state index contributed by atoms with van der Waals surface area (Å²) in [5.74, 6) is 0. The maximum atomic E-state index is 11.0. The molecule has 0 unspecified atom stereocenters. The van der Waals surface area contributed by atoms with Crippen LogP contribution in [0.25, 0.3) is 0 Å². The summed E-state index contributed by atoms with van der Waals surface area (Å²) in [4.78, 5) is -0.0288. The third-order valence-corrected chi connectivity index (χ3v) is 3.60. The van der Waals surface area contributed by atoms with Crippen molar-refractivity contribution in [1.29, 1.82) is 0 Å². The summed E-state index contributed by atoms with van der Waals surface area (Å²) in [5, 5.41) is 0.165. The Bertz CT molecular complexity index is 438. The van der Waals surface area contributed by atoms with Crippen LogP contribution in [-0.4, -0.2) is 8.42 Å². The molecule has 0 bridgehead atoms. The zero-order valence-electron chi connectivity index (χ0n) is 7.14. The van der Waals surface area contributed by atoms with E-state index < -0.39 is 9.05 Å². The maximum absolute atomic E-state index is 11.0. The van der Waals surface area contributed by atoms with Gasteiger partial charge in [0.25, 0.3) is 9.05 Å². The number of benzene rings is 1. The lowest BCUT2D eigenvalue weighted by atomic mass is 10.1. The van der Waals surface area contributed by atoms with E-state index in [0.717, 1.165) is 11.1 Å². The van der Waals surface area contributed by atoms with Crippen molar-refractivity contribution < 1.29 is 8.42 Å². The van der Waals surface area contributed by atoms with Crippen LogP contribution in [0.4, 0.5) is 0 Å². The highest BCUT2D eigenvalue weighted by molar-refractivity contribution is 8.13. The molecule has 0 aliphatic heterocycles. The van der Waals surface area contributed by atoms with Gasteiger partial charge in [0.2, 0.25) is 0 Å². The van der Waals surface area contributed by atoms with Gasteiger partial charge < -0.3 is 0 Å². The van der Waals surface area contributed by atoms with Crippen LogP contribution in [0.1, 0.15) is 11.1 Å². The number of aryl methyl sites for hydroxylation is 2. The molecule has 0 N–H and O–H groups in total.